The standard InChI is InChI=1S/C25H32N2O.ClH/c26-24(12-6-5-8-20-7-1-3-10-22(20)24)13-16-27-17-14-25(15-18-27)23-11-4-2-9-21(23)19-28-25;/h1-4,7,9-11H,5-6,8,12-19,26H2;1H. The van der Waals surface area contributed by atoms with Crippen molar-refractivity contribution in [1.29, 1.82) is 0 Å². The highest BCUT2D eigenvalue weighted by molar-refractivity contribution is 5.85. The minimum atomic E-state index is -0.168. The van der Waals surface area contributed by atoms with Gasteiger partial charge in [0.1, 0.15) is 0 Å². The summed E-state index contributed by atoms with van der Waals surface area (Å²) in [7, 11) is 0. The fraction of sp³-hybridized carbons (Fsp3) is 0.520. The largest absolute Gasteiger partial charge is 0.365 e. The smallest absolute Gasteiger partial charge is 0.0963 e. The molecule has 1 saturated heterocycles. The number of hydrogen-bond acceptors (Lipinski definition) is 3. The number of piperidine rings is 1. The van der Waals surface area contributed by atoms with Crippen molar-refractivity contribution in [2.45, 2.75) is 62.7 Å². The molecule has 3 aliphatic rings. The topological polar surface area (TPSA) is 38.5 Å². The first-order valence-electron chi connectivity index (χ1n) is 11.0. The monoisotopic (exact) mass is 412 g/mol. The first-order valence-corrected chi connectivity index (χ1v) is 11.0. The molecule has 3 nitrogen and oxygen atoms in total. The average molecular weight is 413 g/mol. The van der Waals surface area contributed by atoms with Crippen molar-refractivity contribution in [3.63, 3.8) is 0 Å². The molecule has 0 saturated carbocycles. The Hall–Kier alpha value is -1.39. The number of nitrogens with two attached hydrogens (primary N) is 1. The number of likely N-dealkylation sites (tertiary alicyclic amines) is 1. The molecule has 1 aliphatic carbocycles. The number of rotatable bonds is 3. The zero-order valence-electron chi connectivity index (χ0n) is 17.2. The van der Waals surface area contributed by atoms with E-state index in [1.54, 1.807) is 0 Å². The third-order valence-corrected chi connectivity index (χ3v) is 7.42. The Bertz CT molecular complexity index is 846. The van der Waals surface area contributed by atoms with Crippen LogP contribution in [0.25, 0.3) is 0 Å². The molecule has 2 aromatic carbocycles. The molecule has 2 aromatic rings. The zero-order valence-corrected chi connectivity index (χ0v) is 18.1. The molecule has 2 heterocycles. The molecular weight excluding hydrogens is 380 g/mol. The van der Waals surface area contributed by atoms with Gasteiger partial charge in [0.2, 0.25) is 0 Å². The highest BCUT2D eigenvalue weighted by Gasteiger charge is 2.42. The molecule has 2 N–H and O–H groups in total. The molecule has 2 aliphatic heterocycles. The van der Waals surface area contributed by atoms with Gasteiger partial charge in [-0.05, 0) is 60.8 Å². The Morgan fingerprint density at radius 2 is 1.55 bits per heavy atom. The summed E-state index contributed by atoms with van der Waals surface area (Å²) in [6, 6.07) is 17.6. The van der Waals surface area contributed by atoms with Gasteiger partial charge in [0.15, 0.2) is 0 Å². The maximum atomic E-state index is 7.02. The summed E-state index contributed by atoms with van der Waals surface area (Å²) < 4.78 is 6.33. The minimum absolute atomic E-state index is 0. The van der Waals surface area contributed by atoms with Crippen molar-refractivity contribution in [3.05, 3.63) is 70.8 Å². The molecule has 156 valence electrons. The van der Waals surface area contributed by atoms with Gasteiger partial charge < -0.3 is 15.4 Å². The van der Waals surface area contributed by atoms with Crippen LogP contribution in [-0.4, -0.2) is 24.5 Å². The van der Waals surface area contributed by atoms with Crippen molar-refractivity contribution < 1.29 is 4.74 Å². The van der Waals surface area contributed by atoms with Crippen molar-refractivity contribution in [1.82, 2.24) is 4.90 Å². The fourth-order valence-corrected chi connectivity index (χ4v) is 5.67. The van der Waals surface area contributed by atoms with Gasteiger partial charge in [0, 0.05) is 25.2 Å². The second-order valence-corrected chi connectivity index (χ2v) is 9.05. The van der Waals surface area contributed by atoms with E-state index in [1.165, 1.54) is 41.5 Å². The lowest BCUT2D eigenvalue weighted by Gasteiger charge is -2.41. The summed E-state index contributed by atoms with van der Waals surface area (Å²) in [5.74, 6) is 0. The highest BCUT2D eigenvalue weighted by Crippen LogP contribution is 2.44. The summed E-state index contributed by atoms with van der Waals surface area (Å²) in [5.41, 5.74) is 12.5. The van der Waals surface area contributed by atoms with E-state index in [2.05, 4.69) is 53.4 Å². The maximum Gasteiger partial charge on any atom is 0.0963 e. The summed E-state index contributed by atoms with van der Waals surface area (Å²) >= 11 is 0. The van der Waals surface area contributed by atoms with Crippen LogP contribution in [0.5, 0.6) is 0 Å². The highest BCUT2D eigenvalue weighted by atomic mass is 35.5. The summed E-state index contributed by atoms with van der Waals surface area (Å²) in [6.45, 7) is 4.07. The Kier molecular flexibility index (Phi) is 6.04. The SMILES string of the molecule is Cl.NC1(CCN2CCC3(CC2)OCc2ccccc23)CCCCc2ccccc21. The first kappa shape index (κ1) is 20.9. The van der Waals surface area contributed by atoms with Gasteiger partial charge >= 0.3 is 0 Å². The van der Waals surface area contributed by atoms with Crippen LogP contribution in [0.15, 0.2) is 48.5 Å². The van der Waals surface area contributed by atoms with Crippen LogP contribution in [0.2, 0.25) is 0 Å². The lowest BCUT2D eigenvalue weighted by atomic mass is 9.81. The van der Waals surface area contributed by atoms with Crippen molar-refractivity contribution in [2.24, 2.45) is 5.73 Å². The molecule has 5 rings (SSSR count). The second kappa shape index (κ2) is 8.39. The van der Waals surface area contributed by atoms with Gasteiger partial charge in [-0.1, -0.05) is 55.0 Å². The van der Waals surface area contributed by atoms with Crippen molar-refractivity contribution in [3.8, 4) is 0 Å². The van der Waals surface area contributed by atoms with E-state index in [-0.39, 0.29) is 23.5 Å². The Balaban J connectivity index is 0.00000205. The van der Waals surface area contributed by atoms with Gasteiger partial charge in [-0.25, -0.2) is 0 Å². The van der Waals surface area contributed by atoms with Gasteiger partial charge in [0.05, 0.1) is 12.2 Å². The summed E-state index contributed by atoms with van der Waals surface area (Å²) in [5, 5.41) is 0. The number of ether oxygens (including phenoxy) is 1. The lowest BCUT2D eigenvalue weighted by Crippen LogP contribution is -2.46. The van der Waals surface area contributed by atoms with Crippen molar-refractivity contribution >= 4 is 12.4 Å². The van der Waals surface area contributed by atoms with Crippen LogP contribution in [0, 0.1) is 0 Å². The molecule has 4 heteroatoms. The third kappa shape index (κ3) is 3.86. The van der Waals surface area contributed by atoms with E-state index in [1.807, 2.05) is 0 Å². The molecule has 0 radical (unpaired) electrons. The molecule has 0 bridgehead atoms. The predicted octanol–water partition coefficient (Wildman–Crippen LogP) is 4.90. The summed E-state index contributed by atoms with van der Waals surface area (Å²) in [4.78, 5) is 2.61. The van der Waals surface area contributed by atoms with Crippen molar-refractivity contribution in [2.75, 3.05) is 19.6 Å². The normalized spacial score (nSPS) is 25.7. The maximum absolute atomic E-state index is 7.02. The van der Waals surface area contributed by atoms with Crippen LogP contribution < -0.4 is 5.73 Å². The number of nitrogens with zero attached hydrogens (tertiary/aromatic N) is 1. The Morgan fingerprint density at radius 1 is 0.862 bits per heavy atom. The molecule has 1 atom stereocenters. The van der Waals surface area contributed by atoms with Gasteiger partial charge in [-0.3, -0.25) is 0 Å². The molecule has 0 aromatic heterocycles. The Labute approximate surface area is 181 Å². The number of aryl methyl sites for hydroxylation is 1. The molecule has 1 spiro atoms. The summed E-state index contributed by atoms with van der Waals surface area (Å²) in [6.07, 6.45) is 8.03. The number of fused-ring (bicyclic) bond motifs is 3. The van der Waals surface area contributed by atoms with E-state index in [9.17, 15) is 0 Å². The van der Waals surface area contributed by atoms with Gasteiger partial charge in [-0.2, -0.15) is 0 Å². The second-order valence-electron chi connectivity index (χ2n) is 9.05. The van der Waals surface area contributed by atoms with E-state index < -0.39 is 0 Å². The molecule has 1 fully saturated rings. The number of halogens is 1. The molecular formula is C25H33ClN2O. The van der Waals surface area contributed by atoms with Crippen LogP contribution in [-0.2, 0) is 28.9 Å². The molecule has 29 heavy (non-hydrogen) atoms. The lowest BCUT2D eigenvalue weighted by molar-refractivity contribution is -0.0793. The fourth-order valence-electron chi connectivity index (χ4n) is 5.67. The third-order valence-electron chi connectivity index (χ3n) is 7.42. The number of benzene rings is 2. The van der Waals surface area contributed by atoms with Crippen LogP contribution in [0.4, 0.5) is 0 Å². The zero-order chi connectivity index (χ0) is 19.0. The molecule has 1 unspecified atom stereocenters. The van der Waals surface area contributed by atoms with Crippen LogP contribution in [0.1, 0.15) is 60.8 Å². The van der Waals surface area contributed by atoms with E-state index in [0.29, 0.717) is 0 Å². The number of hydrogen-bond donors (Lipinski definition) is 1. The van der Waals surface area contributed by atoms with Gasteiger partial charge in [0.25, 0.3) is 0 Å². The minimum Gasteiger partial charge on any atom is -0.365 e. The van der Waals surface area contributed by atoms with Gasteiger partial charge in [-0.15, -0.1) is 12.4 Å². The average Bonchev–Trinajstić information content (AvgIpc) is 3.00. The quantitative estimate of drug-likeness (QED) is 0.728. The predicted molar refractivity (Wildman–Crippen MR) is 120 cm³/mol. The first-order chi connectivity index (χ1) is 13.7. The van der Waals surface area contributed by atoms with Crippen LogP contribution >= 0.6 is 12.4 Å². The van der Waals surface area contributed by atoms with E-state index >= 15 is 0 Å². The van der Waals surface area contributed by atoms with Crippen LogP contribution in [0.3, 0.4) is 0 Å². The van der Waals surface area contributed by atoms with E-state index in [0.717, 1.165) is 51.9 Å². The molecule has 0 amide bonds. The van der Waals surface area contributed by atoms with E-state index in [4.69, 9.17) is 10.5 Å². The Morgan fingerprint density at radius 3 is 2.34 bits per heavy atom.